The number of amides is 1. The molecule has 1 saturated heterocycles. The molecule has 0 aliphatic carbocycles. The molecule has 2 atom stereocenters. The molecule has 3 heterocycles. The number of rotatable bonds is 3. The molecule has 0 bridgehead atoms. The minimum Gasteiger partial charge on any atom is -0.463 e. The Morgan fingerprint density at radius 1 is 1.38 bits per heavy atom. The number of furan rings is 1. The van der Waals surface area contributed by atoms with Crippen LogP contribution in [-0.4, -0.2) is 28.1 Å². The SMILES string of the molecule is Cn1cncc1[C@H]1C[C@@H](NC(=O)c2coc3ccccc23)CCO1. The van der Waals surface area contributed by atoms with Gasteiger partial charge >= 0.3 is 0 Å². The lowest BCUT2D eigenvalue weighted by Crippen LogP contribution is -2.40. The molecule has 6 nitrogen and oxygen atoms in total. The van der Waals surface area contributed by atoms with Crippen molar-refractivity contribution in [2.45, 2.75) is 25.0 Å². The van der Waals surface area contributed by atoms with Crippen molar-refractivity contribution < 1.29 is 13.9 Å². The number of carbonyl (C=O) groups excluding carboxylic acids is 1. The highest BCUT2D eigenvalue weighted by Gasteiger charge is 2.27. The third-order valence-corrected chi connectivity index (χ3v) is 4.53. The van der Waals surface area contributed by atoms with Crippen LogP contribution in [0.25, 0.3) is 11.0 Å². The Morgan fingerprint density at radius 2 is 2.25 bits per heavy atom. The van der Waals surface area contributed by atoms with Crippen LogP contribution in [0.4, 0.5) is 0 Å². The van der Waals surface area contributed by atoms with E-state index in [0.29, 0.717) is 12.2 Å². The Morgan fingerprint density at radius 3 is 3.08 bits per heavy atom. The second kappa shape index (κ2) is 6.13. The number of hydrogen-bond donors (Lipinski definition) is 1. The van der Waals surface area contributed by atoms with Gasteiger partial charge < -0.3 is 19.0 Å². The van der Waals surface area contributed by atoms with E-state index < -0.39 is 0 Å². The topological polar surface area (TPSA) is 69.3 Å². The third kappa shape index (κ3) is 2.69. The Balaban J connectivity index is 1.48. The summed E-state index contributed by atoms with van der Waals surface area (Å²) in [5.41, 5.74) is 2.33. The van der Waals surface area contributed by atoms with Crippen molar-refractivity contribution in [1.29, 1.82) is 0 Å². The molecule has 1 aromatic carbocycles. The van der Waals surface area contributed by atoms with Crippen LogP contribution < -0.4 is 5.32 Å². The number of fused-ring (bicyclic) bond motifs is 1. The molecule has 0 spiro atoms. The molecule has 2 aromatic heterocycles. The smallest absolute Gasteiger partial charge is 0.255 e. The van der Waals surface area contributed by atoms with Gasteiger partial charge in [-0.15, -0.1) is 0 Å². The van der Waals surface area contributed by atoms with Gasteiger partial charge in [-0.1, -0.05) is 18.2 Å². The molecule has 3 aromatic rings. The highest BCUT2D eigenvalue weighted by Crippen LogP contribution is 2.28. The lowest BCUT2D eigenvalue weighted by molar-refractivity contribution is -0.00300. The summed E-state index contributed by atoms with van der Waals surface area (Å²) in [4.78, 5) is 16.8. The van der Waals surface area contributed by atoms with Gasteiger partial charge in [0.2, 0.25) is 0 Å². The normalized spacial score (nSPS) is 21.0. The number of ether oxygens (including phenoxy) is 1. The number of nitrogens with one attached hydrogen (secondary N) is 1. The van der Waals surface area contributed by atoms with Gasteiger partial charge in [-0.05, 0) is 18.9 Å². The minimum atomic E-state index is -0.101. The van der Waals surface area contributed by atoms with Crippen LogP contribution >= 0.6 is 0 Å². The van der Waals surface area contributed by atoms with Crippen molar-refractivity contribution in [1.82, 2.24) is 14.9 Å². The number of hydrogen-bond acceptors (Lipinski definition) is 4. The van der Waals surface area contributed by atoms with Gasteiger partial charge in [0.25, 0.3) is 5.91 Å². The van der Waals surface area contributed by atoms with Crippen LogP contribution in [0.2, 0.25) is 0 Å². The summed E-state index contributed by atoms with van der Waals surface area (Å²) >= 11 is 0. The highest BCUT2D eigenvalue weighted by molar-refractivity contribution is 6.05. The number of carbonyl (C=O) groups is 1. The van der Waals surface area contributed by atoms with Crippen molar-refractivity contribution in [3.63, 3.8) is 0 Å². The maximum atomic E-state index is 12.6. The van der Waals surface area contributed by atoms with Crippen LogP contribution in [0.5, 0.6) is 0 Å². The predicted molar refractivity (Wildman–Crippen MR) is 88.6 cm³/mol. The van der Waals surface area contributed by atoms with Crippen LogP contribution in [0.3, 0.4) is 0 Å². The van der Waals surface area contributed by atoms with Crippen LogP contribution in [0.1, 0.15) is 35.0 Å². The largest absolute Gasteiger partial charge is 0.463 e. The molecule has 1 N–H and O–H groups in total. The number of imidazole rings is 1. The van der Waals surface area contributed by atoms with E-state index in [2.05, 4.69) is 10.3 Å². The molecule has 24 heavy (non-hydrogen) atoms. The Bertz CT molecular complexity index is 867. The fourth-order valence-electron chi connectivity index (χ4n) is 3.23. The maximum Gasteiger partial charge on any atom is 0.255 e. The highest BCUT2D eigenvalue weighted by atomic mass is 16.5. The van der Waals surface area contributed by atoms with Gasteiger partial charge in [0.05, 0.1) is 23.8 Å². The molecule has 1 amide bonds. The maximum absolute atomic E-state index is 12.6. The van der Waals surface area contributed by atoms with Gasteiger partial charge in [0.1, 0.15) is 18.0 Å². The van der Waals surface area contributed by atoms with E-state index in [0.717, 1.165) is 29.5 Å². The molecular weight excluding hydrogens is 306 g/mol. The van der Waals surface area contributed by atoms with Gasteiger partial charge in [0.15, 0.2) is 0 Å². The molecule has 0 radical (unpaired) electrons. The Kier molecular flexibility index (Phi) is 3.82. The lowest BCUT2D eigenvalue weighted by atomic mass is 10.0. The second-order valence-corrected chi connectivity index (χ2v) is 6.13. The number of aromatic nitrogens is 2. The molecule has 1 fully saturated rings. The minimum absolute atomic E-state index is 0.0438. The quantitative estimate of drug-likeness (QED) is 0.804. The van der Waals surface area contributed by atoms with E-state index in [1.165, 1.54) is 6.26 Å². The average molecular weight is 325 g/mol. The first kappa shape index (κ1) is 15.0. The van der Waals surface area contributed by atoms with E-state index in [9.17, 15) is 4.79 Å². The van der Waals surface area contributed by atoms with Crippen LogP contribution in [0.15, 0.2) is 47.5 Å². The average Bonchev–Trinajstić information content (AvgIpc) is 3.21. The second-order valence-electron chi connectivity index (χ2n) is 6.13. The molecule has 0 saturated carbocycles. The number of aryl methyl sites for hydroxylation is 1. The number of para-hydroxylation sites is 1. The molecule has 4 rings (SSSR count). The monoisotopic (exact) mass is 325 g/mol. The summed E-state index contributed by atoms with van der Waals surface area (Å²) in [6, 6.07) is 7.63. The third-order valence-electron chi connectivity index (χ3n) is 4.53. The first-order valence-corrected chi connectivity index (χ1v) is 8.07. The number of nitrogens with zero attached hydrogens (tertiary/aromatic N) is 2. The van der Waals surface area contributed by atoms with E-state index in [1.807, 2.05) is 42.1 Å². The molecule has 6 heteroatoms. The van der Waals surface area contributed by atoms with E-state index in [-0.39, 0.29) is 18.1 Å². The fraction of sp³-hybridized carbons (Fsp3) is 0.333. The van der Waals surface area contributed by atoms with Gasteiger partial charge in [-0.25, -0.2) is 4.98 Å². The molecular formula is C18H19N3O3. The van der Waals surface area contributed by atoms with Crippen molar-refractivity contribution >= 4 is 16.9 Å². The van der Waals surface area contributed by atoms with Crippen LogP contribution in [0, 0.1) is 0 Å². The molecule has 124 valence electrons. The molecule has 1 aliphatic heterocycles. The van der Waals surface area contributed by atoms with E-state index in [4.69, 9.17) is 9.15 Å². The summed E-state index contributed by atoms with van der Waals surface area (Å²) in [5, 5.41) is 3.95. The molecule has 1 aliphatic rings. The Hall–Kier alpha value is -2.60. The summed E-state index contributed by atoms with van der Waals surface area (Å²) in [7, 11) is 1.95. The predicted octanol–water partition coefficient (Wildman–Crippen LogP) is 2.82. The fourth-order valence-corrected chi connectivity index (χ4v) is 3.23. The van der Waals surface area contributed by atoms with Crippen molar-refractivity contribution in [2.24, 2.45) is 7.05 Å². The van der Waals surface area contributed by atoms with Crippen molar-refractivity contribution in [3.8, 4) is 0 Å². The zero-order valence-corrected chi connectivity index (χ0v) is 13.4. The summed E-state index contributed by atoms with van der Waals surface area (Å²) in [6.45, 7) is 0.618. The van der Waals surface area contributed by atoms with Crippen molar-refractivity contribution in [3.05, 3.63) is 54.3 Å². The van der Waals surface area contributed by atoms with Gasteiger partial charge in [-0.2, -0.15) is 0 Å². The standard InChI is InChI=1S/C18H19N3O3/c1-21-11-19-9-15(21)17-8-12(6-7-23-17)20-18(22)14-10-24-16-5-3-2-4-13(14)16/h2-5,9-12,17H,6-8H2,1H3,(H,20,22)/t12-,17+/m0/s1. The van der Waals surface area contributed by atoms with E-state index >= 15 is 0 Å². The summed E-state index contributed by atoms with van der Waals surface area (Å²) < 4.78 is 13.3. The first-order chi connectivity index (χ1) is 11.7. The first-order valence-electron chi connectivity index (χ1n) is 8.07. The zero-order chi connectivity index (χ0) is 16.5. The molecule has 0 unspecified atom stereocenters. The van der Waals surface area contributed by atoms with Crippen LogP contribution in [-0.2, 0) is 11.8 Å². The van der Waals surface area contributed by atoms with Crippen molar-refractivity contribution in [2.75, 3.05) is 6.61 Å². The zero-order valence-electron chi connectivity index (χ0n) is 13.4. The number of benzene rings is 1. The van der Waals surface area contributed by atoms with E-state index in [1.54, 1.807) is 6.33 Å². The Labute approximate surface area is 139 Å². The lowest BCUT2D eigenvalue weighted by Gasteiger charge is -2.30. The summed E-state index contributed by atoms with van der Waals surface area (Å²) in [6.07, 6.45) is 6.60. The van der Waals surface area contributed by atoms with Gasteiger partial charge in [-0.3, -0.25) is 4.79 Å². The van der Waals surface area contributed by atoms with Gasteiger partial charge in [0, 0.05) is 25.1 Å². The summed E-state index contributed by atoms with van der Waals surface area (Å²) in [5.74, 6) is -0.101.